The quantitative estimate of drug-likeness (QED) is 0.340. The molecule has 1 N–H and O–H groups in total. The Kier molecular flexibility index (Phi) is 8.93. The van der Waals surface area contributed by atoms with E-state index in [1.807, 2.05) is 7.05 Å². The summed E-state index contributed by atoms with van der Waals surface area (Å²) in [6.07, 6.45) is -2.42. The van der Waals surface area contributed by atoms with Gasteiger partial charge in [-0.05, 0) is 82.8 Å². The van der Waals surface area contributed by atoms with Crippen molar-refractivity contribution in [2.45, 2.75) is 74.8 Å². The lowest BCUT2D eigenvalue weighted by molar-refractivity contribution is -0.144. The first-order valence-corrected chi connectivity index (χ1v) is 16.4. The molecule has 3 aromatic rings. The molecule has 0 spiro atoms. The van der Waals surface area contributed by atoms with Gasteiger partial charge in [-0.15, -0.1) is 0 Å². The van der Waals surface area contributed by atoms with Crippen LogP contribution in [0.2, 0.25) is 5.02 Å². The standard InChI is InChI=1S/C30H35ClF3N5O3S/c1-18(2)38(3)21-10-12-26(19(15-21)17-43(41,42)22-7-5-4-6-8-22)39-14-13-25(28(39)40)35-27-23-16-20(31)9-11-24(23)36-29(37-27)30(32,33)34/h4-9,11,16,18-19,21,25-26H,10,12-15,17H2,1-3H3,(H,35,36,37)/t19-,21-,25+,26+/m1/s1. The number of hydrogen-bond donors (Lipinski definition) is 1. The average molecular weight is 638 g/mol. The number of fused-ring (bicyclic) bond motifs is 1. The SMILES string of the molecule is CC(C)N(C)[C@@H]1CC[C@H](N2CC[C@H](Nc3nc(C(F)(F)F)nc4ccc(Cl)cc34)C2=O)[C@@H](CS(=O)(=O)c2ccccc2)C1. The topological polar surface area (TPSA) is 95.5 Å². The van der Waals surface area contributed by atoms with Gasteiger partial charge in [0.2, 0.25) is 11.7 Å². The molecular formula is C30H35ClF3N5O3S. The van der Waals surface area contributed by atoms with Crippen molar-refractivity contribution < 1.29 is 26.4 Å². The van der Waals surface area contributed by atoms with Crippen molar-refractivity contribution in [1.82, 2.24) is 19.8 Å². The second-order valence-electron chi connectivity index (χ2n) is 11.7. The van der Waals surface area contributed by atoms with E-state index in [-0.39, 0.29) is 57.3 Å². The number of sulfone groups is 1. The molecule has 1 amide bonds. The van der Waals surface area contributed by atoms with Gasteiger partial charge in [0.25, 0.3) is 0 Å². The maximum absolute atomic E-state index is 13.8. The minimum Gasteiger partial charge on any atom is -0.358 e. The van der Waals surface area contributed by atoms with Crippen molar-refractivity contribution in [2.75, 3.05) is 24.7 Å². The number of likely N-dealkylation sites (tertiary alicyclic amines) is 1. The largest absolute Gasteiger partial charge is 0.451 e. The van der Waals surface area contributed by atoms with E-state index >= 15 is 0 Å². The van der Waals surface area contributed by atoms with Crippen molar-refractivity contribution in [1.29, 1.82) is 0 Å². The highest BCUT2D eigenvalue weighted by Crippen LogP contribution is 2.37. The second-order valence-corrected chi connectivity index (χ2v) is 14.2. The normalized spacial score (nSPS) is 23.5. The van der Waals surface area contributed by atoms with Crippen LogP contribution in [0.3, 0.4) is 0 Å². The Morgan fingerprint density at radius 1 is 1.09 bits per heavy atom. The zero-order valence-electron chi connectivity index (χ0n) is 24.2. The van der Waals surface area contributed by atoms with Crippen molar-refractivity contribution >= 4 is 44.1 Å². The Morgan fingerprint density at radius 2 is 1.81 bits per heavy atom. The summed E-state index contributed by atoms with van der Waals surface area (Å²) >= 11 is 6.12. The van der Waals surface area contributed by atoms with Gasteiger partial charge in [-0.2, -0.15) is 13.2 Å². The van der Waals surface area contributed by atoms with Gasteiger partial charge in [0.1, 0.15) is 11.9 Å². The van der Waals surface area contributed by atoms with Gasteiger partial charge in [0, 0.05) is 35.1 Å². The monoisotopic (exact) mass is 637 g/mol. The fourth-order valence-electron chi connectivity index (χ4n) is 6.28. The van der Waals surface area contributed by atoms with Gasteiger partial charge in [0.05, 0.1) is 16.2 Å². The van der Waals surface area contributed by atoms with Gasteiger partial charge < -0.3 is 15.1 Å². The van der Waals surface area contributed by atoms with Gasteiger partial charge in [-0.25, -0.2) is 18.4 Å². The van der Waals surface area contributed by atoms with E-state index in [0.717, 1.165) is 6.42 Å². The van der Waals surface area contributed by atoms with Crippen LogP contribution in [0.15, 0.2) is 53.4 Å². The van der Waals surface area contributed by atoms with Crippen molar-refractivity contribution in [2.24, 2.45) is 5.92 Å². The number of benzene rings is 2. The summed E-state index contributed by atoms with van der Waals surface area (Å²) in [5, 5.41) is 3.52. The molecule has 43 heavy (non-hydrogen) atoms. The molecule has 1 aromatic heterocycles. The molecule has 1 aliphatic carbocycles. The number of hydrogen-bond acceptors (Lipinski definition) is 7. The molecule has 5 rings (SSSR count). The van der Waals surface area contributed by atoms with Crippen LogP contribution in [0.25, 0.3) is 10.9 Å². The third-order valence-corrected chi connectivity index (χ3v) is 10.8. The van der Waals surface area contributed by atoms with Crippen molar-refractivity contribution in [3.8, 4) is 0 Å². The number of carbonyl (C=O) groups is 1. The van der Waals surface area contributed by atoms with Gasteiger partial charge >= 0.3 is 6.18 Å². The summed E-state index contributed by atoms with van der Waals surface area (Å²) in [4.78, 5) is 25.4. The Bertz CT molecular complexity index is 1590. The molecule has 13 heteroatoms. The van der Waals surface area contributed by atoms with E-state index in [1.165, 1.54) is 18.2 Å². The van der Waals surface area contributed by atoms with Gasteiger partial charge in [-0.1, -0.05) is 29.8 Å². The lowest BCUT2D eigenvalue weighted by Gasteiger charge is -2.44. The molecule has 0 radical (unpaired) electrons. The molecule has 2 heterocycles. The average Bonchev–Trinajstić information content (AvgIpc) is 3.31. The lowest BCUT2D eigenvalue weighted by atomic mass is 9.81. The molecule has 1 saturated carbocycles. The van der Waals surface area contributed by atoms with Crippen LogP contribution in [0, 0.1) is 5.92 Å². The van der Waals surface area contributed by atoms with E-state index in [0.29, 0.717) is 30.8 Å². The predicted molar refractivity (Wildman–Crippen MR) is 160 cm³/mol. The molecule has 2 fully saturated rings. The number of rotatable bonds is 8. The Balaban J connectivity index is 1.41. The molecule has 1 saturated heterocycles. The molecule has 1 aliphatic heterocycles. The van der Waals surface area contributed by atoms with Crippen LogP contribution in [-0.4, -0.2) is 77.6 Å². The Labute approximate surface area is 254 Å². The Hall–Kier alpha value is -2.96. The Morgan fingerprint density at radius 3 is 2.49 bits per heavy atom. The van der Waals surface area contributed by atoms with Gasteiger partial charge in [0.15, 0.2) is 9.84 Å². The van der Waals surface area contributed by atoms with E-state index < -0.39 is 27.9 Å². The maximum Gasteiger partial charge on any atom is 0.451 e. The van der Waals surface area contributed by atoms with Crippen LogP contribution < -0.4 is 5.32 Å². The fourth-order valence-corrected chi connectivity index (χ4v) is 8.14. The highest BCUT2D eigenvalue weighted by atomic mass is 35.5. The van der Waals surface area contributed by atoms with Crippen LogP contribution in [0.4, 0.5) is 19.0 Å². The minimum atomic E-state index is -4.78. The summed E-state index contributed by atoms with van der Waals surface area (Å²) in [6.45, 7) is 4.54. The second kappa shape index (κ2) is 12.2. The van der Waals surface area contributed by atoms with E-state index in [9.17, 15) is 26.4 Å². The van der Waals surface area contributed by atoms with E-state index in [2.05, 4.69) is 34.0 Å². The fraction of sp³-hybridized carbons (Fsp3) is 0.500. The number of anilines is 1. The third-order valence-electron chi connectivity index (χ3n) is 8.70. The summed E-state index contributed by atoms with van der Waals surface area (Å²) in [6, 6.07) is 11.9. The van der Waals surface area contributed by atoms with Crippen molar-refractivity contribution in [3.63, 3.8) is 0 Å². The van der Waals surface area contributed by atoms with Crippen molar-refractivity contribution in [3.05, 3.63) is 59.4 Å². The van der Waals surface area contributed by atoms with Gasteiger partial charge in [-0.3, -0.25) is 4.79 Å². The third kappa shape index (κ3) is 6.76. The molecule has 2 aromatic carbocycles. The molecule has 232 valence electrons. The molecular weight excluding hydrogens is 603 g/mol. The minimum absolute atomic E-state index is 0.0512. The number of halogens is 4. The van der Waals surface area contributed by atoms with Crippen LogP contribution in [-0.2, 0) is 20.8 Å². The summed E-state index contributed by atoms with van der Waals surface area (Å²) in [7, 11) is -1.59. The molecule has 0 unspecified atom stereocenters. The smallest absolute Gasteiger partial charge is 0.358 e. The first kappa shape index (κ1) is 31.5. The number of carbonyl (C=O) groups excluding carboxylic acids is 1. The van der Waals surface area contributed by atoms with Crippen LogP contribution in [0.1, 0.15) is 45.4 Å². The predicted octanol–water partition coefficient (Wildman–Crippen LogP) is 5.67. The lowest BCUT2D eigenvalue weighted by Crippen LogP contribution is -2.52. The highest BCUT2D eigenvalue weighted by Gasteiger charge is 2.44. The van der Waals surface area contributed by atoms with Crippen LogP contribution >= 0.6 is 11.6 Å². The molecule has 2 aliphatic rings. The molecule has 8 nitrogen and oxygen atoms in total. The number of nitrogens with zero attached hydrogens (tertiary/aromatic N) is 4. The molecule has 4 atom stereocenters. The summed E-state index contributed by atoms with van der Waals surface area (Å²) in [5.41, 5.74) is 0.0512. The highest BCUT2D eigenvalue weighted by molar-refractivity contribution is 7.91. The maximum atomic E-state index is 13.8. The molecule has 0 bridgehead atoms. The number of amides is 1. The number of aromatic nitrogens is 2. The zero-order chi connectivity index (χ0) is 31.1. The zero-order valence-corrected chi connectivity index (χ0v) is 25.8. The number of nitrogens with one attached hydrogen (secondary N) is 1. The van der Waals surface area contributed by atoms with Crippen LogP contribution in [0.5, 0.6) is 0 Å². The summed E-state index contributed by atoms with van der Waals surface area (Å²) in [5.74, 6) is -2.14. The van der Waals surface area contributed by atoms with E-state index in [4.69, 9.17) is 11.6 Å². The summed E-state index contributed by atoms with van der Waals surface area (Å²) < 4.78 is 67.8. The first-order chi connectivity index (χ1) is 20.2. The first-order valence-electron chi connectivity index (χ1n) is 14.4. The number of alkyl halides is 3. The van der Waals surface area contributed by atoms with E-state index in [1.54, 1.807) is 35.2 Å².